The minimum absolute atomic E-state index is 0.0892. The molecule has 14 heavy (non-hydrogen) atoms. The largest absolute Gasteiger partial charge is 0.503 e. The number of Topliss-reactive ketones (excluding diaryl/α,β-unsaturated/α-hetero) is 2. The van der Waals surface area contributed by atoms with E-state index in [9.17, 15) is 14.7 Å². The molecule has 0 aliphatic heterocycles. The first-order valence-electron chi connectivity index (χ1n) is 3.90. The molecular formula is C10H5IO3. The molecule has 0 saturated heterocycles. The van der Waals surface area contributed by atoms with Gasteiger partial charge < -0.3 is 5.11 Å². The van der Waals surface area contributed by atoms with Crippen molar-refractivity contribution in [1.82, 2.24) is 0 Å². The third kappa shape index (κ3) is 1.18. The lowest BCUT2D eigenvalue weighted by molar-refractivity contribution is 0.0938. The maximum Gasteiger partial charge on any atom is 0.229 e. The molecule has 0 amide bonds. The van der Waals surface area contributed by atoms with Crippen molar-refractivity contribution in [2.75, 3.05) is 0 Å². The highest BCUT2D eigenvalue weighted by molar-refractivity contribution is 14.1. The summed E-state index contributed by atoms with van der Waals surface area (Å²) in [4.78, 5) is 23.1. The first-order chi connectivity index (χ1) is 6.63. The summed E-state index contributed by atoms with van der Waals surface area (Å²) in [7, 11) is 0. The fraction of sp³-hybridized carbons (Fsp3) is 0. The number of rotatable bonds is 0. The summed E-state index contributed by atoms with van der Waals surface area (Å²) in [5.74, 6) is -1.22. The number of aliphatic hydroxyl groups is 1. The van der Waals surface area contributed by atoms with E-state index in [1.807, 2.05) is 0 Å². The van der Waals surface area contributed by atoms with Crippen LogP contribution in [0.5, 0.6) is 0 Å². The predicted octanol–water partition coefficient (Wildman–Crippen LogP) is 2.27. The summed E-state index contributed by atoms with van der Waals surface area (Å²) < 4.78 is 0.0892. The van der Waals surface area contributed by atoms with Crippen LogP contribution < -0.4 is 0 Å². The van der Waals surface area contributed by atoms with E-state index in [-0.39, 0.29) is 14.9 Å². The van der Waals surface area contributed by atoms with E-state index >= 15 is 0 Å². The first-order valence-corrected chi connectivity index (χ1v) is 4.98. The van der Waals surface area contributed by atoms with Crippen LogP contribution in [0.1, 0.15) is 20.7 Å². The van der Waals surface area contributed by atoms with Crippen molar-refractivity contribution in [2.45, 2.75) is 0 Å². The van der Waals surface area contributed by atoms with Crippen molar-refractivity contribution in [1.29, 1.82) is 0 Å². The van der Waals surface area contributed by atoms with E-state index < -0.39 is 11.5 Å². The number of hydrogen-bond acceptors (Lipinski definition) is 3. The molecule has 1 aliphatic carbocycles. The minimum atomic E-state index is -0.482. The van der Waals surface area contributed by atoms with Crippen molar-refractivity contribution < 1.29 is 14.7 Å². The number of carbonyl (C=O) groups is 2. The van der Waals surface area contributed by atoms with Gasteiger partial charge in [-0.15, -0.1) is 0 Å². The zero-order chi connectivity index (χ0) is 10.3. The Morgan fingerprint density at radius 1 is 1.00 bits per heavy atom. The molecular weight excluding hydrogens is 295 g/mol. The monoisotopic (exact) mass is 300 g/mol. The molecule has 0 atom stereocenters. The smallest absolute Gasteiger partial charge is 0.229 e. The van der Waals surface area contributed by atoms with Gasteiger partial charge in [-0.05, 0) is 22.6 Å². The van der Waals surface area contributed by atoms with Crippen molar-refractivity contribution >= 4 is 34.2 Å². The fourth-order valence-corrected chi connectivity index (χ4v) is 1.87. The third-order valence-electron chi connectivity index (χ3n) is 2.04. The molecule has 2 rings (SSSR count). The van der Waals surface area contributed by atoms with Crippen LogP contribution in [0.15, 0.2) is 33.6 Å². The van der Waals surface area contributed by atoms with Gasteiger partial charge in [0.05, 0.1) is 0 Å². The van der Waals surface area contributed by atoms with Crippen molar-refractivity contribution in [3.63, 3.8) is 0 Å². The summed E-state index contributed by atoms with van der Waals surface area (Å²) >= 11 is 1.68. The Bertz CT molecular complexity index is 431. The Morgan fingerprint density at radius 2 is 1.50 bits per heavy atom. The molecule has 70 valence electrons. The number of carbonyl (C=O) groups excluding carboxylic acids is 2. The van der Waals surface area contributed by atoms with Crippen LogP contribution in [0.3, 0.4) is 0 Å². The molecule has 1 aromatic carbocycles. The van der Waals surface area contributed by atoms with Gasteiger partial charge in [-0.1, -0.05) is 24.3 Å². The van der Waals surface area contributed by atoms with Gasteiger partial charge in [0.15, 0.2) is 5.76 Å². The highest BCUT2D eigenvalue weighted by atomic mass is 127. The summed E-state index contributed by atoms with van der Waals surface area (Å²) in [6, 6.07) is 6.47. The summed E-state index contributed by atoms with van der Waals surface area (Å²) in [6.07, 6.45) is 0. The van der Waals surface area contributed by atoms with Crippen LogP contribution in [-0.4, -0.2) is 16.7 Å². The molecule has 1 aromatic rings. The summed E-state index contributed by atoms with van der Waals surface area (Å²) in [6.45, 7) is 0. The van der Waals surface area contributed by atoms with Gasteiger partial charge in [-0.25, -0.2) is 0 Å². The molecule has 0 unspecified atom stereocenters. The van der Waals surface area contributed by atoms with Crippen LogP contribution in [0.2, 0.25) is 0 Å². The molecule has 3 nitrogen and oxygen atoms in total. The third-order valence-corrected chi connectivity index (χ3v) is 3.04. The number of benzene rings is 1. The van der Waals surface area contributed by atoms with Crippen LogP contribution in [0, 0.1) is 0 Å². The zero-order valence-corrected chi connectivity index (χ0v) is 9.11. The highest BCUT2D eigenvalue weighted by Crippen LogP contribution is 2.28. The van der Waals surface area contributed by atoms with Crippen LogP contribution in [0.25, 0.3) is 0 Å². The lowest BCUT2D eigenvalue weighted by Gasteiger charge is -2.13. The maximum absolute atomic E-state index is 11.6. The number of hydrogen-bond donors (Lipinski definition) is 1. The number of ketones is 2. The van der Waals surface area contributed by atoms with Crippen LogP contribution in [0.4, 0.5) is 0 Å². The average Bonchev–Trinajstić information content (AvgIpc) is 2.23. The molecule has 4 heteroatoms. The quantitative estimate of drug-likeness (QED) is 0.748. The van der Waals surface area contributed by atoms with E-state index in [1.54, 1.807) is 40.8 Å². The Hall–Kier alpha value is -1.17. The van der Waals surface area contributed by atoms with Gasteiger partial charge in [-0.2, -0.15) is 0 Å². The van der Waals surface area contributed by atoms with Crippen molar-refractivity contribution in [2.24, 2.45) is 0 Å². The standard InChI is InChI=1S/C10H5IO3/c11-7-8(12)5-3-1-2-4-6(5)9(13)10(7)14/h1-4,14H. The van der Waals surface area contributed by atoms with Gasteiger partial charge in [0.25, 0.3) is 0 Å². The Balaban J connectivity index is 2.73. The summed E-state index contributed by atoms with van der Waals surface area (Å²) in [5, 5.41) is 9.37. The molecule has 0 spiro atoms. The number of halogens is 1. The van der Waals surface area contributed by atoms with E-state index in [2.05, 4.69) is 0 Å². The lowest BCUT2D eigenvalue weighted by atomic mass is 9.94. The normalized spacial score (nSPS) is 15.8. The molecule has 0 saturated carbocycles. The first kappa shape index (κ1) is 9.39. The molecule has 0 fully saturated rings. The van der Waals surface area contributed by atoms with Gasteiger partial charge in [0.2, 0.25) is 11.6 Å². The van der Waals surface area contributed by atoms with Gasteiger partial charge in [0, 0.05) is 11.1 Å². The summed E-state index contributed by atoms with van der Waals surface area (Å²) in [5.41, 5.74) is 0.634. The Morgan fingerprint density at radius 3 is 2.07 bits per heavy atom. The number of allylic oxidation sites excluding steroid dienone is 2. The number of aliphatic hydroxyl groups excluding tert-OH is 1. The second-order valence-corrected chi connectivity index (χ2v) is 3.95. The van der Waals surface area contributed by atoms with Crippen LogP contribution >= 0.6 is 22.6 Å². The topological polar surface area (TPSA) is 54.4 Å². The van der Waals surface area contributed by atoms with Gasteiger partial charge in [-0.3, -0.25) is 9.59 Å². The van der Waals surface area contributed by atoms with Crippen LogP contribution in [-0.2, 0) is 0 Å². The fourth-order valence-electron chi connectivity index (χ4n) is 1.33. The molecule has 1 aliphatic rings. The maximum atomic E-state index is 11.6. The lowest BCUT2D eigenvalue weighted by Crippen LogP contribution is -2.19. The van der Waals surface area contributed by atoms with Crippen molar-refractivity contribution in [3.8, 4) is 0 Å². The molecule has 0 radical (unpaired) electrons. The minimum Gasteiger partial charge on any atom is -0.503 e. The van der Waals surface area contributed by atoms with E-state index in [0.29, 0.717) is 5.56 Å². The highest BCUT2D eigenvalue weighted by Gasteiger charge is 2.30. The Labute approximate surface area is 93.6 Å². The number of fused-ring (bicyclic) bond motifs is 1. The predicted molar refractivity (Wildman–Crippen MR) is 58.8 cm³/mol. The van der Waals surface area contributed by atoms with E-state index in [1.165, 1.54) is 6.07 Å². The van der Waals surface area contributed by atoms with E-state index in [4.69, 9.17) is 0 Å². The van der Waals surface area contributed by atoms with Crippen molar-refractivity contribution in [3.05, 3.63) is 44.7 Å². The average molecular weight is 300 g/mol. The molecule has 0 aromatic heterocycles. The molecule has 0 heterocycles. The Kier molecular flexibility index (Phi) is 2.14. The second kappa shape index (κ2) is 3.20. The molecule has 1 N–H and O–H groups in total. The SMILES string of the molecule is O=C1C(O)=C(I)C(=O)c2ccccc21. The molecule has 0 bridgehead atoms. The van der Waals surface area contributed by atoms with E-state index in [0.717, 1.165) is 0 Å². The van der Waals surface area contributed by atoms with Gasteiger partial charge >= 0.3 is 0 Å². The second-order valence-electron chi connectivity index (χ2n) is 2.87. The zero-order valence-electron chi connectivity index (χ0n) is 6.95. The van der Waals surface area contributed by atoms with Gasteiger partial charge in [0.1, 0.15) is 3.58 Å².